The Morgan fingerprint density at radius 1 is 1.41 bits per heavy atom. The van der Waals surface area contributed by atoms with E-state index in [1.54, 1.807) is 6.07 Å². The molecule has 0 spiro atoms. The van der Waals surface area contributed by atoms with Gasteiger partial charge >= 0.3 is 0 Å². The Labute approximate surface area is 103 Å². The van der Waals surface area contributed by atoms with Gasteiger partial charge in [-0.05, 0) is 43.5 Å². The number of benzene rings is 1. The van der Waals surface area contributed by atoms with Gasteiger partial charge in [-0.15, -0.1) is 0 Å². The maximum atomic E-state index is 13.9. The molecule has 0 aromatic heterocycles. The second kappa shape index (κ2) is 7.28. The second-order valence-electron chi connectivity index (χ2n) is 4.38. The number of ether oxygens (including phenoxy) is 1. The molecule has 0 aliphatic rings. The summed E-state index contributed by atoms with van der Waals surface area (Å²) in [4.78, 5) is 0. The lowest BCUT2D eigenvalue weighted by atomic mass is 9.97. The zero-order chi connectivity index (χ0) is 12.7. The highest BCUT2D eigenvalue weighted by Crippen LogP contribution is 2.22. The minimum atomic E-state index is -0.217. The van der Waals surface area contributed by atoms with Crippen LogP contribution in [0.2, 0.25) is 0 Å². The zero-order valence-corrected chi connectivity index (χ0v) is 10.9. The van der Waals surface area contributed by atoms with Crippen LogP contribution in [-0.2, 0) is 6.42 Å². The summed E-state index contributed by atoms with van der Waals surface area (Å²) in [5, 5.41) is 3.28. The molecule has 0 fully saturated rings. The van der Waals surface area contributed by atoms with Crippen molar-refractivity contribution in [3.05, 3.63) is 29.6 Å². The Morgan fingerprint density at radius 2 is 2.18 bits per heavy atom. The van der Waals surface area contributed by atoms with E-state index in [-0.39, 0.29) is 5.82 Å². The van der Waals surface area contributed by atoms with E-state index in [0.717, 1.165) is 31.5 Å². The van der Waals surface area contributed by atoms with Gasteiger partial charge in [-0.2, -0.15) is 0 Å². The Balaban J connectivity index is 2.55. The highest BCUT2D eigenvalue weighted by molar-refractivity contribution is 5.31. The fourth-order valence-corrected chi connectivity index (χ4v) is 1.87. The monoisotopic (exact) mass is 239 g/mol. The van der Waals surface area contributed by atoms with Gasteiger partial charge in [0.05, 0.1) is 7.11 Å². The summed E-state index contributed by atoms with van der Waals surface area (Å²) in [6, 6.07) is 5.33. The molecule has 0 saturated carbocycles. The van der Waals surface area contributed by atoms with Gasteiger partial charge in [-0.3, -0.25) is 0 Å². The van der Waals surface area contributed by atoms with Crippen LogP contribution in [0.4, 0.5) is 4.39 Å². The van der Waals surface area contributed by atoms with E-state index in [2.05, 4.69) is 19.2 Å². The van der Waals surface area contributed by atoms with Crippen LogP contribution in [0, 0.1) is 11.7 Å². The SMILES string of the molecule is CCNCCC(C)Cc1cccc(OC)c1F. The van der Waals surface area contributed by atoms with E-state index in [1.165, 1.54) is 7.11 Å². The summed E-state index contributed by atoms with van der Waals surface area (Å²) in [7, 11) is 1.50. The molecular weight excluding hydrogens is 217 g/mol. The predicted molar refractivity (Wildman–Crippen MR) is 69.0 cm³/mol. The quantitative estimate of drug-likeness (QED) is 0.738. The highest BCUT2D eigenvalue weighted by Gasteiger charge is 2.11. The smallest absolute Gasteiger partial charge is 0.168 e. The third-order valence-electron chi connectivity index (χ3n) is 2.90. The highest BCUT2D eigenvalue weighted by atomic mass is 19.1. The molecule has 1 aromatic rings. The van der Waals surface area contributed by atoms with Crippen molar-refractivity contribution in [1.82, 2.24) is 5.32 Å². The Hall–Kier alpha value is -1.09. The molecule has 0 aliphatic heterocycles. The van der Waals surface area contributed by atoms with Crippen molar-refractivity contribution in [2.75, 3.05) is 20.2 Å². The van der Waals surface area contributed by atoms with Gasteiger partial charge in [-0.25, -0.2) is 4.39 Å². The summed E-state index contributed by atoms with van der Waals surface area (Å²) >= 11 is 0. The van der Waals surface area contributed by atoms with Crippen LogP contribution in [0.25, 0.3) is 0 Å². The summed E-state index contributed by atoms with van der Waals surface area (Å²) in [5.41, 5.74) is 0.744. The lowest BCUT2D eigenvalue weighted by Gasteiger charge is -2.13. The Kier molecular flexibility index (Phi) is 5.98. The maximum Gasteiger partial charge on any atom is 0.168 e. The minimum absolute atomic E-state index is 0.217. The summed E-state index contributed by atoms with van der Waals surface area (Å²) in [6.07, 6.45) is 1.82. The van der Waals surface area contributed by atoms with E-state index in [1.807, 2.05) is 12.1 Å². The third kappa shape index (κ3) is 4.35. The first-order valence-corrected chi connectivity index (χ1v) is 6.21. The molecule has 1 rings (SSSR count). The molecule has 0 radical (unpaired) electrons. The molecule has 1 unspecified atom stereocenters. The molecule has 96 valence electrons. The fourth-order valence-electron chi connectivity index (χ4n) is 1.87. The number of nitrogens with one attached hydrogen (secondary N) is 1. The molecule has 3 heteroatoms. The fraction of sp³-hybridized carbons (Fsp3) is 0.571. The van der Waals surface area contributed by atoms with Gasteiger partial charge < -0.3 is 10.1 Å². The minimum Gasteiger partial charge on any atom is -0.494 e. The predicted octanol–water partition coefficient (Wildman–Crippen LogP) is 3.01. The van der Waals surface area contributed by atoms with Crippen LogP contribution >= 0.6 is 0 Å². The van der Waals surface area contributed by atoms with E-state index in [4.69, 9.17) is 4.74 Å². The molecular formula is C14H22FNO. The molecule has 0 amide bonds. The number of rotatable bonds is 7. The van der Waals surface area contributed by atoms with Crippen molar-refractivity contribution in [3.63, 3.8) is 0 Å². The number of hydrogen-bond donors (Lipinski definition) is 1. The van der Waals surface area contributed by atoms with Crippen LogP contribution in [0.5, 0.6) is 5.75 Å². The first-order valence-electron chi connectivity index (χ1n) is 6.21. The van der Waals surface area contributed by atoms with Crippen molar-refractivity contribution >= 4 is 0 Å². The molecule has 1 N–H and O–H groups in total. The Morgan fingerprint density at radius 3 is 2.82 bits per heavy atom. The largest absolute Gasteiger partial charge is 0.494 e. The van der Waals surface area contributed by atoms with E-state index in [0.29, 0.717) is 11.7 Å². The van der Waals surface area contributed by atoms with Gasteiger partial charge in [0.15, 0.2) is 11.6 Å². The standard InChI is InChI=1S/C14H22FNO/c1-4-16-9-8-11(2)10-12-6-5-7-13(17-3)14(12)15/h5-7,11,16H,4,8-10H2,1-3H3. The van der Waals surface area contributed by atoms with Gasteiger partial charge in [0.2, 0.25) is 0 Å². The van der Waals surface area contributed by atoms with Crippen molar-refractivity contribution in [1.29, 1.82) is 0 Å². The van der Waals surface area contributed by atoms with Gasteiger partial charge in [0.25, 0.3) is 0 Å². The average molecular weight is 239 g/mol. The lowest BCUT2D eigenvalue weighted by Crippen LogP contribution is -2.17. The molecule has 2 nitrogen and oxygen atoms in total. The first kappa shape index (κ1) is 14.0. The first-order chi connectivity index (χ1) is 8.19. The van der Waals surface area contributed by atoms with Crippen LogP contribution in [-0.4, -0.2) is 20.2 Å². The van der Waals surface area contributed by atoms with Crippen LogP contribution in [0.1, 0.15) is 25.8 Å². The molecule has 0 saturated heterocycles. The van der Waals surface area contributed by atoms with Crippen LogP contribution in [0.3, 0.4) is 0 Å². The molecule has 0 bridgehead atoms. The van der Waals surface area contributed by atoms with Crippen molar-refractivity contribution in [2.24, 2.45) is 5.92 Å². The zero-order valence-electron chi connectivity index (χ0n) is 10.9. The molecule has 0 heterocycles. The summed E-state index contributed by atoms with van der Waals surface area (Å²) in [5.74, 6) is 0.586. The molecule has 1 aromatic carbocycles. The molecule has 0 aliphatic carbocycles. The number of halogens is 1. The Bertz CT molecular complexity index is 341. The average Bonchev–Trinajstić information content (AvgIpc) is 2.32. The van der Waals surface area contributed by atoms with Gasteiger partial charge in [-0.1, -0.05) is 26.0 Å². The van der Waals surface area contributed by atoms with Crippen molar-refractivity contribution in [2.45, 2.75) is 26.7 Å². The van der Waals surface area contributed by atoms with E-state index < -0.39 is 0 Å². The number of hydrogen-bond acceptors (Lipinski definition) is 2. The molecule has 1 atom stereocenters. The number of methoxy groups -OCH3 is 1. The van der Waals surface area contributed by atoms with E-state index in [9.17, 15) is 4.39 Å². The summed E-state index contributed by atoms with van der Waals surface area (Å²) < 4.78 is 18.9. The van der Waals surface area contributed by atoms with Crippen LogP contribution < -0.4 is 10.1 Å². The topological polar surface area (TPSA) is 21.3 Å². The third-order valence-corrected chi connectivity index (χ3v) is 2.90. The van der Waals surface area contributed by atoms with E-state index >= 15 is 0 Å². The summed E-state index contributed by atoms with van der Waals surface area (Å²) in [6.45, 7) is 6.21. The van der Waals surface area contributed by atoms with Gasteiger partial charge in [0.1, 0.15) is 0 Å². The second-order valence-corrected chi connectivity index (χ2v) is 4.38. The van der Waals surface area contributed by atoms with Crippen molar-refractivity contribution < 1.29 is 9.13 Å². The molecule has 17 heavy (non-hydrogen) atoms. The van der Waals surface area contributed by atoms with Crippen LogP contribution in [0.15, 0.2) is 18.2 Å². The normalized spacial score (nSPS) is 12.5. The van der Waals surface area contributed by atoms with Gasteiger partial charge in [0, 0.05) is 0 Å². The lowest BCUT2D eigenvalue weighted by molar-refractivity contribution is 0.381. The maximum absolute atomic E-state index is 13.9. The van der Waals surface area contributed by atoms with Crippen molar-refractivity contribution in [3.8, 4) is 5.75 Å².